The summed E-state index contributed by atoms with van der Waals surface area (Å²) in [4.78, 5) is -0.0460. The Balaban J connectivity index is 1.76. The number of phenols is 1. The maximum atomic E-state index is 14.2. The summed E-state index contributed by atoms with van der Waals surface area (Å²) in [6.07, 6.45) is 0. The highest BCUT2D eigenvalue weighted by Crippen LogP contribution is 2.51. The summed E-state index contributed by atoms with van der Waals surface area (Å²) >= 11 is 0. The number of hydrogen-bond donors (Lipinski definition) is 2. The average molecular weight is 472 g/mol. The van der Waals surface area contributed by atoms with Crippen molar-refractivity contribution >= 4 is 21.5 Å². The third-order valence-corrected chi connectivity index (χ3v) is 7.88. The molecule has 3 aromatic rings. The predicted molar refractivity (Wildman–Crippen MR) is 128 cm³/mol. The van der Waals surface area contributed by atoms with Gasteiger partial charge in [-0.05, 0) is 42.3 Å². The maximum Gasteiger partial charge on any atom is 0.265 e. The molecule has 170 valence electrons. The average Bonchev–Trinajstić information content (AvgIpc) is 2.81. The minimum Gasteiger partial charge on any atom is -0.508 e. The first kappa shape index (κ1) is 21.6. The highest BCUT2D eigenvalue weighted by Gasteiger charge is 2.47. The zero-order valence-corrected chi connectivity index (χ0v) is 19.1. The van der Waals surface area contributed by atoms with Gasteiger partial charge in [-0.3, -0.25) is 4.31 Å². The number of anilines is 1. The van der Waals surface area contributed by atoms with Gasteiger partial charge in [-0.1, -0.05) is 54.1 Å². The van der Waals surface area contributed by atoms with Crippen LogP contribution in [0.15, 0.2) is 89.2 Å². The zero-order valence-electron chi connectivity index (χ0n) is 18.3. The number of aryl methyl sites for hydroxylation is 1. The van der Waals surface area contributed by atoms with Crippen LogP contribution in [0.4, 0.5) is 5.69 Å². The molecule has 7 nitrogen and oxygen atoms in total. The normalized spacial score (nSPS) is 18.6. The summed E-state index contributed by atoms with van der Waals surface area (Å²) in [5.41, 5.74) is 9.52. The van der Waals surface area contributed by atoms with Crippen molar-refractivity contribution in [2.45, 2.75) is 19.4 Å². The number of para-hydroxylation sites is 1. The molecule has 0 bridgehead atoms. The van der Waals surface area contributed by atoms with Gasteiger partial charge in [0, 0.05) is 5.56 Å². The van der Waals surface area contributed by atoms with Gasteiger partial charge in [0.05, 0.1) is 18.2 Å². The van der Waals surface area contributed by atoms with E-state index in [2.05, 4.69) is 0 Å². The second-order valence-electron chi connectivity index (χ2n) is 8.23. The number of phenolic OH excluding ortho intramolecular Hbond substituents is 1. The van der Waals surface area contributed by atoms with E-state index in [1.807, 2.05) is 37.3 Å². The number of nitrogens with zero attached hydrogens (tertiary/aromatic N) is 2. The minimum absolute atomic E-state index is 0.00269. The van der Waals surface area contributed by atoms with Crippen molar-refractivity contribution in [3.63, 3.8) is 0 Å². The van der Waals surface area contributed by atoms with Crippen molar-refractivity contribution in [2.24, 2.45) is 5.73 Å². The van der Waals surface area contributed by atoms with Gasteiger partial charge in [0.1, 0.15) is 22.3 Å². The number of nitrogens with two attached hydrogens (primary N) is 1. The molecule has 3 aromatic carbocycles. The molecular weight excluding hydrogens is 450 g/mol. The molecule has 0 amide bonds. The van der Waals surface area contributed by atoms with Gasteiger partial charge in [0.25, 0.3) is 10.0 Å². The summed E-state index contributed by atoms with van der Waals surface area (Å²) in [6, 6.07) is 22.8. The van der Waals surface area contributed by atoms with Crippen molar-refractivity contribution in [1.82, 2.24) is 0 Å². The molecule has 0 aliphatic carbocycles. The minimum atomic E-state index is -4.14. The van der Waals surface area contributed by atoms with Crippen molar-refractivity contribution in [3.05, 3.63) is 111 Å². The van der Waals surface area contributed by atoms with Crippen LogP contribution in [0.2, 0.25) is 0 Å². The Morgan fingerprint density at radius 1 is 1.09 bits per heavy atom. The molecule has 0 fully saturated rings. The molecule has 34 heavy (non-hydrogen) atoms. The molecule has 1 unspecified atom stereocenters. The van der Waals surface area contributed by atoms with Crippen molar-refractivity contribution in [2.75, 3.05) is 4.31 Å². The fraction of sp³-hybridized carbons (Fsp3) is 0.115. The lowest BCUT2D eigenvalue weighted by Gasteiger charge is -2.38. The number of benzene rings is 3. The third kappa shape index (κ3) is 3.38. The summed E-state index contributed by atoms with van der Waals surface area (Å²) in [5.74, 6) is -0.978. The van der Waals surface area contributed by atoms with Gasteiger partial charge >= 0.3 is 0 Å². The number of aromatic hydroxyl groups is 1. The number of ether oxygens (including phenoxy) is 1. The Bertz CT molecular complexity index is 1520. The molecule has 0 radical (unpaired) electrons. The van der Waals surface area contributed by atoms with Gasteiger partial charge in [-0.2, -0.15) is 5.26 Å². The van der Waals surface area contributed by atoms with Crippen LogP contribution in [-0.4, -0.2) is 13.5 Å². The first-order valence-corrected chi connectivity index (χ1v) is 12.0. The fourth-order valence-corrected chi connectivity index (χ4v) is 6.37. The molecule has 0 aromatic heterocycles. The second kappa shape index (κ2) is 7.97. The lowest BCUT2D eigenvalue weighted by molar-refractivity contribution is 0.357. The van der Waals surface area contributed by atoms with E-state index in [1.165, 1.54) is 16.4 Å². The highest BCUT2D eigenvalue weighted by molar-refractivity contribution is 7.96. The number of hydrogen-bond acceptors (Lipinski definition) is 6. The quantitative estimate of drug-likeness (QED) is 0.591. The molecule has 1 atom stereocenters. The van der Waals surface area contributed by atoms with E-state index in [0.717, 1.165) is 11.1 Å². The lowest BCUT2D eigenvalue weighted by atomic mass is 9.88. The Morgan fingerprint density at radius 2 is 1.82 bits per heavy atom. The van der Waals surface area contributed by atoms with E-state index < -0.39 is 15.9 Å². The first-order chi connectivity index (χ1) is 16.3. The van der Waals surface area contributed by atoms with Crippen LogP contribution in [0.3, 0.4) is 0 Å². The maximum absolute atomic E-state index is 14.2. The zero-order chi connectivity index (χ0) is 24.0. The van der Waals surface area contributed by atoms with Crippen LogP contribution < -0.4 is 10.0 Å². The molecule has 8 heteroatoms. The lowest BCUT2D eigenvalue weighted by Crippen LogP contribution is -2.39. The smallest absolute Gasteiger partial charge is 0.265 e. The molecule has 2 aliphatic heterocycles. The summed E-state index contributed by atoms with van der Waals surface area (Å²) in [6.45, 7) is 2.06. The van der Waals surface area contributed by atoms with E-state index in [-0.39, 0.29) is 34.4 Å². The van der Waals surface area contributed by atoms with E-state index in [4.69, 9.17) is 10.5 Å². The van der Waals surface area contributed by atoms with Gasteiger partial charge in [0.2, 0.25) is 5.88 Å². The summed E-state index contributed by atoms with van der Waals surface area (Å²) in [5, 5.41) is 19.6. The van der Waals surface area contributed by atoms with E-state index in [9.17, 15) is 18.8 Å². The topological polar surface area (TPSA) is 117 Å². The molecule has 5 rings (SSSR count). The number of allylic oxidation sites excluding steroid dienone is 2. The van der Waals surface area contributed by atoms with Crippen LogP contribution in [0.1, 0.15) is 28.2 Å². The Labute approximate surface area is 197 Å². The van der Waals surface area contributed by atoms with Crippen molar-refractivity contribution in [3.8, 4) is 11.8 Å². The second-order valence-corrected chi connectivity index (χ2v) is 10.1. The Morgan fingerprint density at radius 3 is 2.53 bits per heavy atom. The monoisotopic (exact) mass is 471 g/mol. The fourth-order valence-electron chi connectivity index (χ4n) is 4.46. The Hall–Kier alpha value is -4.22. The SMILES string of the molecule is Cc1cccc(CN2c3ccccc3C3=C(C(c4ccc(O)cc4)C(C#N)=C(N)O3)S2(=O)=O)c1. The molecule has 3 N–H and O–H groups in total. The standard InChI is InChI=1S/C26H21N3O4S/c1-16-5-4-6-17(13-16)15-29-22-8-3-2-7-20(22)24-25(34(29,31)32)23(21(14-27)26(28)33-24)18-9-11-19(30)12-10-18/h2-13,23,30H,15,28H2,1H3. The predicted octanol–water partition coefficient (Wildman–Crippen LogP) is 4.23. The molecule has 2 heterocycles. The van der Waals surface area contributed by atoms with Gasteiger partial charge < -0.3 is 15.6 Å². The molecular formula is C26H21N3O4S. The number of fused-ring (bicyclic) bond motifs is 2. The van der Waals surface area contributed by atoms with Crippen LogP contribution in [0.25, 0.3) is 5.76 Å². The van der Waals surface area contributed by atoms with Gasteiger partial charge in [0.15, 0.2) is 5.76 Å². The molecule has 0 saturated carbocycles. The van der Waals surface area contributed by atoms with Crippen molar-refractivity contribution in [1.29, 1.82) is 5.26 Å². The Kier molecular flexibility index (Phi) is 5.07. The molecule has 0 spiro atoms. The summed E-state index contributed by atoms with van der Waals surface area (Å²) in [7, 11) is -4.14. The third-order valence-electron chi connectivity index (χ3n) is 5.99. The van der Waals surface area contributed by atoms with Crippen molar-refractivity contribution < 1.29 is 18.3 Å². The molecule has 0 saturated heterocycles. The number of rotatable bonds is 3. The molecule has 2 aliphatic rings. The number of nitriles is 1. The van der Waals surface area contributed by atoms with E-state index in [0.29, 0.717) is 16.8 Å². The first-order valence-electron chi connectivity index (χ1n) is 10.6. The largest absolute Gasteiger partial charge is 0.508 e. The van der Waals surface area contributed by atoms with E-state index >= 15 is 0 Å². The van der Waals surface area contributed by atoms with Crippen LogP contribution >= 0.6 is 0 Å². The number of sulfonamides is 1. The van der Waals surface area contributed by atoms with Crippen LogP contribution in [-0.2, 0) is 21.3 Å². The highest BCUT2D eigenvalue weighted by atomic mass is 32.2. The van der Waals surface area contributed by atoms with Crippen LogP contribution in [0.5, 0.6) is 5.75 Å². The van der Waals surface area contributed by atoms with Gasteiger partial charge in [-0.25, -0.2) is 8.42 Å². The summed E-state index contributed by atoms with van der Waals surface area (Å²) < 4.78 is 35.5. The van der Waals surface area contributed by atoms with Gasteiger partial charge in [-0.15, -0.1) is 0 Å². The van der Waals surface area contributed by atoms with Crippen LogP contribution in [0, 0.1) is 18.3 Å². The van der Waals surface area contributed by atoms with E-state index in [1.54, 1.807) is 36.4 Å².